The molecule has 2 aromatic rings. The first-order valence-corrected chi connectivity index (χ1v) is 22.3. The number of nitrogens with two attached hydrogens (primary N) is 1. The van der Waals surface area contributed by atoms with Gasteiger partial charge in [0, 0.05) is 67.9 Å². The number of aryl methyl sites for hydroxylation is 1. The number of aromatic hydroxyl groups is 2. The number of hydrogen-bond acceptors (Lipinski definition) is 12. The topological polar surface area (TPSA) is 239 Å². The predicted octanol–water partition coefficient (Wildman–Crippen LogP) is 4.11. The molecule has 18 heteroatoms. The van der Waals surface area contributed by atoms with Crippen molar-refractivity contribution in [2.24, 2.45) is 11.1 Å². The van der Waals surface area contributed by atoms with E-state index in [0.29, 0.717) is 48.6 Å². The molecule has 0 bridgehead atoms. The maximum absolute atomic E-state index is 12.5. The van der Waals surface area contributed by atoms with Crippen LogP contribution in [0.25, 0.3) is 0 Å². The Labute approximate surface area is 351 Å². The van der Waals surface area contributed by atoms with Crippen LogP contribution in [0.1, 0.15) is 116 Å². The fraction of sp³-hybridized carbons (Fsp3) is 0.700. The summed E-state index contributed by atoms with van der Waals surface area (Å²) in [6.07, 6.45) is 8.78. The van der Waals surface area contributed by atoms with Gasteiger partial charge in [-0.2, -0.15) is 0 Å². The Morgan fingerprint density at radius 1 is 0.948 bits per heavy atom. The van der Waals surface area contributed by atoms with Gasteiger partial charge in [-0.3, -0.25) is 28.5 Å². The number of thiazole rings is 1. The van der Waals surface area contributed by atoms with Crippen LogP contribution < -0.4 is 32.3 Å². The quantitative estimate of drug-likeness (QED) is 0.0448. The fourth-order valence-corrected chi connectivity index (χ4v) is 8.35. The molecule has 0 saturated carbocycles. The molecule has 3 rings (SSSR count). The van der Waals surface area contributed by atoms with Crippen molar-refractivity contribution in [2.75, 3.05) is 43.9 Å². The number of amides is 5. The first kappa shape index (κ1) is 48.5. The molecule has 1 aliphatic carbocycles. The van der Waals surface area contributed by atoms with E-state index in [9.17, 15) is 34.2 Å². The molecule has 0 spiro atoms. The van der Waals surface area contributed by atoms with E-state index >= 15 is 0 Å². The summed E-state index contributed by atoms with van der Waals surface area (Å²) < 4.78 is 7.30. The van der Waals surface area contributed by atoms with Gasteiger partial charge >= 0.3 is 0 Å². The van der Waals surface area contributed by atoms with Crippen LogP contribution in [-0.4, -0.2) is 99.5 Å². The minimum atomic E-state index is -0.750. The van der Waals surface area contributed by atoms with Gasteiger partial charge < -0.3 is 47.3 Å². The van der Waals surface area contributed by atoms with Crippen LogP contribution in [0.15, 0.2) is 11.0 Å². The summed E-state index contributed by atoms with van der Waals surface area (Å²) in [7, 11) is 0. The van der Waals surface area contributed by atoms with Crippen molar-refractivity contribution in [1.82, 2.24) is 30.8 Å². The van der Waals surface area contributed by atoms with E-state index in [4.69, 9.17) is 10.5 Å². The third kappa shape index (κ3) is 17.5. The van der Waals surface area contributed by atoms with Gasteiger partial charge in [0.05, 0.1) is 22.7 Å². The van der Waals surface area contributed by atoms with Crippen molar-refractivity contribution >= 4 is 57.8 Å². The first-order chi connectivity index (χ1) is 27.5. The van der Waals surface area contributed by atoms with Gasteiger partial charge in [-0.05, 0) is 77.5 Å². The van der Waals surface area contributed by atoms with E-state index in [2.05, 4.69) is 38.5 Å². The Morgan fingerprint density at radius 2 is 1.66 bits per heavy atom. The molecule has 0 saturated heterocycles. The van der Waals surface area contributed by atoms with Crippen LogP contribution in [0.2, 0.25) is 0 Å². The zero-order chi connectivity index (χ0) is 42.7. The van der Waals surface area contributed by atoms with E-state index in [0.717, 1.165) is 69.4 Å². The number of aromatic nitrogens is 2. The number of thioether (sulfide) groups is 1. The van der Waals surface area contributed by atoms with Gasteiger partial charge in [0.2, 0.25) is 35.4 Å². The van der Waals surface area contributed by atoms with Crippen molar-refractivity contribution in [1.29, 1.82) is 0 Å². The Hall–Kier alpha value is -3.87. The lowest BCUT2D eigenvalue weighted by Gasteiger charge is -2.29. The molecule has 1 atom stereocenters. The van der Waals surface area contributed by atoms with Gasteiger partial charge in [-0.25, -0.2) is 4.98 Å². The number of rotatable bonds is 28. The summed E-state index contributed by atoms with van der Waals surface area (Å²) in [4.78, 5) is 66.9. The highest BCUT2D eigenvalue weighted by molar-refractivity contribution is 7.99. The molecule has 1 unspecified atom stereocenters. The maximum Gasteiger partial charge on any atom is 0.236 e. The number of carbonyl (C=O) groups is 5. The average Bonchev–Trinajstić information content (AvgIpc) is 3.68. The number of nitrogens with one attached hydrogen (secondary N) is 5. The van der Waals surface area contributed by atoms with Crippen molar-refractivity contribution < 1.29 is 38.9 Å². The lowest BCUT2D eigenvalue weighted by Crippen LogP contribution is -2.42. The largest absolute Gasteiger partial charge is 0.494 e. The average molecular weight is 851 g/mol. The molecule has 16 nitrogen and oxygen atoms in total. The number of fused-ring (bicyclic) bond motifs is 1. The smallest absolute Gasteiger partial charge is 0.236 e. The van der Waals surface area contributed by atoms with Gasteiger partial charge in [0.1, 0.15) is 0 Å². The zero-order valence-electron chi connectivity index (χ0n) is 34.9. The summed E-state index contributed by atoms with van der Waals surface area (Å²) in [5, 5.41) is 36.4. The fourth-order valence-electron chi connectivity index (χ4n) is 6.25. The lowest BCUT2D eigenvalue weighted by atomic mass is 9.88. The van der Waals surface area contributed by atoms with Crippen LogP contribution in [0.3, 0.4) is 0 Å². The van der Waals surface area contributed by atoms with E-state index in [1.807, 2.05) is 13.8 Å². The van der Waals surface area contributed by atoms with Crippen molar-refractivity contribution in [3.8, 4) is 11.8 Å². The van der Waals surface area contributed by atoms with E-state index < -0.39 is 16.9 Å². The second-order valence-electron chi connectivity index (χ2n) is 16.0. The van der Waals surface area contributed by atoms with Gasteiger partial charge in [-0.1, -0.05) is 33.6 Å². The second-order valence-corrected chi connectivity index (χ2v) is 18.2. The van der Waals surface area contributed by atoms with Gasteiger partial charge in [0.25, 0.3) is 0 Å². The normalized spacial score (nSPS) is 14.1. The Kier molecular flexibility index (Phi) is 20.3. The second kappa shape index (κ2) is 24.3. The van der Waals surface area contributed by atoms with E-state index in [-0.39, 0.29) is 67.7 Å². The molecule has 326 valence electrons. The molecule has 0 fully saturated rings. The maximum atomic E-state index is 12.5. The van der Waals surface area contributed by atoms with Crippen molar-refractivity contribution in [3.63, 3.8) is 0 Å². The number of ether oxygens (including phenoxy) is 1. The molecule has 9 N–H and O–H groups in total. The Morgan fingerprint density at radius 3 is 2.40 bits per heavy atom. The van der Waals surface area contributed by atoms with Crippen LogP contribution in [-0.2, 0) is 48.1 Å². The van der Waals surface area contributed by atoms with Gasteiger partial charge in [-0.15, -0.1) is 23.1 Å². The van der Waals surface area contributed by atoms with Crippen LogP contribution in [0, 0.1) is 5.41 Å². The number of unbranched alkanes of at least 4 members (excludes halogenated alkanes) is 3. The molecular weight excluding hydrogens is 785 g/mol. The summed E-state index contributed by atoms with van der Waals surface area (Å²) in [5.74, 6) is -0.943. The highest BCUT2D eigenvalue weighted by Gasteiger charge is 2.29. The minimum absolute atomic E-state index is 0.0611. The predicted molar refractivity (Wildman–Crippen MR) is 227 cm³/mol. The monoisotopic (exact) mass is 850 g/mol. The molecule has 0 aromatic carbocycles. The molecule has 0 radical (unpaired) electrons. The molecule has 5 amide bonds. The SMILES string of the molecule is CCCNC1CCc2nc(NC(=O)CCC(=O)NCCCCCCSc3cc(O)n(CCC(=O)NCCC(C)(C)OCCC(C)(C)C(=O)NCC(N)=O)c3O)sc2C1. The van der Waals surface area contributed by atoms with Crippen molar-refractivity contribution in [2.45, 2.75) is 141 Å². The Bertz CT molecular complexity index is 1660. The number of primary amides is 1. The molecule has 58 heavy (non-hydrogen) atoms. The molecule has 2 aromatic heterocycles. The summed E-state index contributed by atoms with van der Waals surface area (Å²) in [6, 6.07) is 1.96. The van der Waals surface area contributed by atoms with Crippen LogP contribution in [0.5, 0.6) is 11.8 Å². The summed E-state index contributed by atoms with van der Waals surface area (Å²) >= 11 is 2.96. The lowest BCUT2D eigenvalue weighted by molar-refractivity contribution is -0.133. The number of carbonyl (C=O) groups excluding carboxylic acids is 5. The number of hydrogen-bond donors (Lipinski definition) is 8. The molecule has 1 aliphatic rings. The van der Waals surface area contributed by atoms with Crippen molar-refractivity contribution in [3.05, 3.63) is 16.6 Å². The van der Waals surface area contributed by atoms with E-state index in [1.54, 1.807) is 13.8 Å². The summed E-state index contributed by atoms with van der Waals surface area (Å²) in [6.45, 7) is 11.6. The van der Waals surface area contributed by atoms with E-state index in [1.165, 1.54) is 38.6 Å². The standard InChI is InChI=1S/C40H66N8O8S2/c1-6-18-42-27-11-12-28-29(24-27)58-38(46-28)47-34(52)14-13-32(50)43-19-9-7-8-10-23-57-30-25-35(53)48(36(30)54)21-15-33(51)44-20-16-40(4,5)56-22-17-39(2,3)37(55)45-26-31(41)49/h25,27,42,53-54H,6-24,26H2,1-5H3,(H2,41,49)(H,43,50)(H,44,51)(H,45,55)(H,46,47,52). The van der Waals surface area contributed by atoms with Crippen LogP contribution in [0.4, 0.5) is 5.13 Å². The van der Waals surface area contributed by atoms with Crippen LogP contribution >= 0.6 is 23.1 Å². The molecule has 0 aliphatic heterocycles. The first-order valence-electron chi connectivity index (χ1n) is 20.5. The Balaban J connectivity index is 1.22. The molecular formula is C40H66N8O8S2. The zero-order valence-corrected chi connectivity index (χ0v) is 36.6. The van der Waals surface area contributed by atoms with Gasteiger partial charge in [0.15, 0.2) is 11.0 Å². The highest BCUT2D eigenvalue weighted by atomic mass is 32.2. The molecule has 2 heterocycles. The highest BCUT2D eigenvalue weighted by Crippen LogP contribution is 2.36. The number of nitrogens with zero attached hydrogens (tertiary/aromatic N) is 2. The third-order valence-electron chi connectivity index (χ3n) is 9.98. The minimum Gasteiger partial charge on any atom is -0.494 e. The number of anilines is 1. The summed E-state index contributed by atoms with van der Waals surface area (Å²) in [5.41, 5.74) is 4.86. The third-order valence-corrected chi connectivity index (χ3v) is 12.1.